The van der Waals surface area contributed by atoms with Crippen LogP contribution in [0.15, 0.2) is 72.9 Å². The molecule has 2 N–H and O–H groups in total. The van der Waals surface area contributed by atoms with E-state index in [1.807, 2.05) is 42.5 Å². The van der Waals surface area contributed by atoms with Crippen LogP contribution in [-0.2, 0) is 0 Å². The first-order valence-electron chi connectivity index (χ1n) is 7.06. The van der Waals surface area contributed by atoms with Crippen LogP contribution in [0.4, 0.5) is 16.2 Å². The summed E-state index contributed by atoms with van der Waals surface area (Å²) in [6.45, 7) is 0. The van der Waals surface area contributed by atoms with E-state index >= 15 is 0 Å². The van der Waals surface area contributed by atoms with Crippen molar-refractivity contribution >= 4 is 29.0 Å². The van der Waals surface area contributed by atoms with Crippen molar-refractivity contribution in [2.45, 2.75) is 0 Å². The Bertz CT molecular complexity index is 787. The predicted octanol–water partition coefficient (Wildman–Crippen LogP) is 5.05. The van der Waals surface area contributed by atoms with E-state index < -0.39 is 0 Å². The van der Waals surface area contributed by atoms with Crippen molar-refractivity contribution in [2.75, 3.05) is 10.6 Å². The van der Waals surface area contributed by atoms with Gasteiger partial charge in [-0.1, -0.05) is 29.8 Å². The average molecular weight is 324 g/mol. The van der Waals surface area contributed by atoms with Crippen molar-refractivity contribution in [3.05, 3.63) is 77.9 Å². The quantitative estimate of drug-likeness (QED) is 0.709. The Hall–Kier alpha value is -2.85. The van der Waals surface area contributed by atoms with Crippen LogP contribution in [0.3, 0.4) is 0 Å². The van der Waals surface area contributed by atoms with Crippen LogP contribution in [0.1, 0.15) is 0 Å². The molecule has 0 saturated heterocycles. The Morgan fingerprint density at radius 3 is 2.00 bits per heavy atom. The molecule has 0 aliphatic heterocycles. The van der Waals surface area contributed by atoms with Crippen molar-refractivity contribution in [1.82, 2.24) is 4.98 Å². The summed E-state index contributed by atoms with van der Waals surface area (Å²) in [5.74, 6) is 0. The number of nitrogens with zero attached hydrogens (tertiary/aromatic N) is 1. The third kappa shape index (κ3) is 4.08. The molecule has 0 fully saturated rings. The van der Waals surface area contributed by atoms with Gasteiger partial charge in [-0.3, -0.25) is 4.98 Å². The minimum atomic E-state index is -0.307. The van der Waals surface area contributed by atoms with E-state index in [1.54, 1.807) is 30.5 Å². The predicted molar refractivity (Wildman–Crippen MR) is 93.8 cm³/mol. The molecule has 3 aromatic rings. The van der Waals surface area contributed by atoms with E-state index in [0.29, 0.717) is 16.4 Å². The molecule has 1 heterocycles. The molecular weight excluding hydrogens is 310 g/mol. The highest BCUT2D eigenvalue weighted by atomic mass is 35.5. The third-order valence-corrected chi connectivity index (χ3v) is 3.46. The van der Waals surface area contributed by atoms with Crippen LogP contribution in [0.2, 0.25) is 5.02 Å². The molecule has 0 unspecified atom stereocenters. The number of rotatable bonds is 3. The smallest absolute Gasteiger partial charge is 0.308 e. The molecule has 0 radical (unpaired) electrons. The van der Waals surface area contributed by atoms with Gasteiger partial charge in [0.1, 0.15) is 0 Å². The number of carbonyl (C=O) groups excluding carboxylic acids is 1. The fourth-order valence-electron chi connectivity index (χ4n) is 2.08. The number of nitrogens with one attached hydrogen (secondary N) is 2. The van der Waals surface area contributed by atoms with E-state index in [0.717, 1.165) is 11.3 Å². The molecule has 4 nitrogen and oxygen atoms in total. The molecule has 5 heteroatoms. The first-order valence-corrected chi connectivity index (χ1v) is 7.43. The first-order chi connectivity index (χ1) is 11.2. The normalized spacial score (nSPS) is 10.1. The highest BCUT2D eigenvalue weighted by molar-refractivity contribution is 6.30. The lowest BCUT2D eigenvalue weighted by Gasteiger charge is -2.08. The summed E-state index contributed by atoms with van der Waals surface area (Å²) >= 11 is 5.81. The zero-order chi connectivity index (χ0) is 16.1. The fourth-order valence-corrected chi connectivity index (χ4v) is 2.21. The van der Waals surface area contributed by atoms with Gasteiger partial charge in [0, 0.05) is 28.2 Å². The van der Waals surface area contributed by atoms with Gasteiger partial charge >= 0.3 is 6.03 Å². The number of hydrogen-bond acceptors (Lipinski definition) is 2. The van der Waals surface area contributed by atoms with Crippen molar-refractivity contribution in [3.8, 4) is 11.3 Å². The molecule has 114 valence electrons. The monoisotopic (exact) mass is 323 g/mol. The first kappa shape index (κ1) is 15.1. The minimum Gasteiger partial charge on any atom is -0.308 e. The van der Waals surface area contributed by atoms with Crippen LogP contribution < -0.4 is 10.6 Å². The maximum absolute atomic E-state index is 12.0. The largest absolute Gasteiger partial charge is 0.323 e. The second-order valence-corrected chi connectivity index (χ2v) is 5.31. The molecule has 1 aromatic heterocycles. The van der Waals surface area contributed by atoms with Crippen molar-refractivity contribution < 1.29 is 4.79 Å². The van der Waals surface area contributed by atoms with Gasteiger partial charge in [-0.2, -0.15) is 0 Å². The van der Waals surface area contributed by atoms with Crippen molar-refractivity contribution in [1.29, 1.82) is 0 Å². The molecule has 0 aliphatic rings. The Morgan fingerprint density at radius 2 is 1.43 bits per heavy atom. The summed E-state index contributed by atoms with van der Waals surface area (Å²) in [4.78, 5) is 16.2. The third-order valence-electron chi connectivity index (χ3n) is 3.21. The topological polar surface area (TPSA) is 54.0 Å². The Balaban J connectivity index is 1.64. The number of urea groups is 1. The van der Waals surface area contributed by atoms with E-state index in [-0.39, 0.29) is 6.03 Å². The number of aromatic nitrogens is 1. The second kappa shape index (κ2) is 6.94. The van der Waals surface area contributed by atoms with Gasteiger partial charge in [0.25, 0.3) is 0 Å². The highest BCUT2D eigenvalue weighted by Gasteiger charge is 2.04. The van der Waals surface area contributed by atoms with Crippen molar-refractivity contribution in [3.63, 3.8) is 0 Å². The Morgan fingerprint density at radius 1 is 0.826 bits per heavy atom. The number of anilines is 2. The van der Waals surface area contributed by atoms with Crippen LogP contribution in [0.5, 0.6) is 0 Å². The number of pyridine rings is 1. The zero-order valence-electron chi connectivity index (χ0n) is 12.2. The van der Waals surface area contributed by atoms with Gasteiger partial charge in [-0.05, 0) is 48.5 Å². The standard InChI is InChI=1S/C18H14ClN3O/c19-14-6-10-16(11-7-14)22-18(23)21-15-8-4-13(5-9-15)17-3-1-2-12-20-17/h1-12H,(H2,21,22,23). The molecule has 23 heavy (non-hydrogen) atoms. The summed E-state index contributed by atoms with van der Waals surface area (Å²) in [6, 6.07) is 19.9. The minimum absolute atomic E-state index is 0.307. The molecule has 0 aliphatic carbocycles. The molecule has 0 atom stereocenters. The molecule has 2 amide bonds. The summed E-state index contributed by atoms with van der Waals surface area (Å²) in [6.07, 6.45) is 1.75. The molecule has 2 aromatic carbocycles. The maximum Gasteiger partial charge on any atom is 0.323 e. The Labute approximate surface area is 139 Å². The van der Waals surface area contributed by atoms with Gasteiger partial charge in [0.05, 0.1) is 5.69 Å². The lowest BCUT2D eigenvalue weighted by molar-refractivity contribution is 0.262. The van der Waals surface area contributed by atoms with Gasteiger partial charge in [-0.25, -0.2) is 4.79 Å². The summed E-state index contributed by atoms with van der Waals surface area (Å²) in [7, 11) is 0. The van der Waals surface area contributed by atoms with Crippen LogP contribution in [0, 0.1) is 0 Å². The second-order valence-electron chi connectivity index (χ2n) is 4.88. The van der Waals surface area contributed by atoms with E-state index in [1.165, 1.54) is 0 Å². The molecule has 0 spiro atoms. The highest BCUT2D eigenvalue weighted by Crippen LogP contribution is 2.19. The molecule has 0 bridgehead atoms. The van der Waals surface area contributed by atoms with E-state index in [4.69, 9.17) is 11.6 Å². The lowest BCUT2D eigenvalue weighted by atomic mass is 10.1. The van der Waals surface area contributed by atoms with Gasteiger partial charge < -0.3 is 10.6 Å². The van der Waals surface area contributed by atoms with E-state index in [9.17, 15) is 4.79 Å². The Kier molecular flexibility index (Phi) is 4.54. The van der Waals surface area contributed by atoms with Gasteiger partial charge in [0.15, 0.2) is 0 Å². The summed E-state index contributed by atoms with van der Waals surface area (Å²) in [5.41, 5.74) is 3.27. The average Bonchev–Trinajstić information content (AvgIpc) is 2.58. The SMILES string of the molecule is O=C(Nc1ccc(Cl)cc1)Nc1ccc(-c2ccccn2)cc1. The number of carbonyl (C=O) groups is 1. The van der Waals surface area contributed by atoms with Crippen LogP contribution in [-0.4, -0.2) is 11.0 Å². The summed E-state index contributed by atoms with van der Waals surface area (Å²) in [5, 5.41) is 6.15. The number of benzene rings is 2. The molecule has 3 rings (SSSR count). The van der Waals surface area contributed by atoms with Crippen molar-refractivity contribution in [2.24, 2.45) is 0 Å². The number of hydrogen-bond donors (Lipinski definition) is 2. The molecule has 0 saturated carbocycles. The molecular formula is C18H14ClN3O. The van der Waals surface area contributed by atoms with Crippen LogP contribution in [0.25, 0.3) is 11.3 Å². The van der Waals surface area contributed by atoms with Gasteiger partial charge in [-0.15, -0.1) is 0 Å². The van der Waals surface area contributed by atoms with E-state index in [2.05, 4.69) is 15.6 Å². The van der Waals surface area contributed by atoms with Crippen LogP contribution >= 0.6 is 11.6 Å². The zero-order valence-corrected chi connectivity index (χ0v) is 12.9. The lowest BCUT2D eigenvalue weighted by Crippen LogP contribution is -2.19. The fraction of sp³-hybridized carbons (Fsp3) is 0. The maximum atomic E-state index is 12.0. The number of amides is 2. The summed E-state index contributed by atoms with van der Waals surface area (Å²) < 4.78 is 0. The number of halogens is 1. The van der Waals surface area contributed by atoms with Gasteiger partial charge in [0.2, 0.25) is 0 Å².